The maximum atomic E-state index is 12.6. The topological polar surface area (TPSA) is 123 Å². The first-order chi connectivity index (χ1) is 10.8. The van der Waals surface area contributed by atoms with Gasteiger partial charge in [0.1, 0.15) is 10.0 Å². The molecule has 122 valence electrons. The van der Waals surface area contributed by atoms with Gasteiger partial charge in [-0.3, -0.25) is 0 Å². The number of hydrogen-bond acceptors (Lipinski definition) is 7. The van der Waals surface area contributed by atoms with Crippen LogP contribution in [-0.2, 0) is 10.0 Å². The quantitative estimate of drug-likeness (QED) is 0.819. The second-order valence-corrected chi connectivity index (χ2v) is 6.30. The second-order valence-electron chi connectivity index (χ2n) is 4.19. The molecule has 9 nitrogen and oxygen atoms in total. The van der Waals surface area contributed by atoms with Gasteiger partial charge in [-0.05, 0) is 19.1 Å². The number of carbonyl (C=O) groups is 1. The first-order valence-corrected chi connectivity index (χ1v) is 7.87. The van der Waals surface area contributed by atoms with Crippen molar-refractivity contribution in [3.8, 4) is 5.88 Å². The van der Waals surface area contributed by atoms with Gasteiger partial charge in [-0.1, -0.05) is 11.6 Å². The first kappa shape index (κ1) is 16.9. The van der Waals surface area contributed by atoms with Crippen LogP contribution in [0.1, 0.15) is 5.69 Å². The summed E-state index contributed by atoms with van der Waals surface area (Å²) in [6.07, 6.45) is 0.703. The number of pyridine rings is 1. The third kappa shape index (κ3) is 3.17. The predicted octanol–water partition coefficient (Wildman–Crippen LogP) is 1.72. The molecule has 0 aliphatic heterocycles. The van der Waals surface area contributed by atoms with Gasteiger partial charge in [-0.25, -0.2) is 28.2 Å². The predicted molar refractivity (Wildman–Crippen MR) is 80.3 cm³/mol. The standard InChI is InChI=1S/C12H11ClN4O5S/c1-7-6-15-10(11(16-7)22-2)17(12(18)19)23(20,21)8-4-3-5-14-9(8)13/h3-6H,1-2H3,(H,18,19). The SMILES string of the molecule is COc1nc(C)cnc1N(C(=O)O)S(=O)(=O)c1cccnc1Cl. The zero-order chi connectivity index (χ0) is 17.2. The third-order valence-electron chi connectivity index (χ3n) is 2.65. The van der Waals surface area contributed by atoms with Crippen LogP contribution < -0.4 is 9.04 Å². The molecule has 2 heterocycles. The number of carboxylic acid groups (broad SMARTS) is 1. The minimum absolute atomic E-state index is 0.0428. The van der Waals surface area contributed by atoms with E-state index in [2.05, 4.69) is 15.0 Å². The van der Waals surface area contributed by atoms with E-state index < -0.39 is 26.8 Å². The van der Waals surface area contributed by atoms with E-state index in [1.807, 2.05) is 0 Å². The number of aromatic nitrogens is 3. The minimum atomic E-state index is -4.57. The largest absolute Gasteiger partial charge is 0.478 e. The lowest BCUT2D eigenvalue weighted by molar-refractivity contribution is 0.205. The third-order valence-corrected chi connectivity index (χ3v) is 4.75. The zero-order valence-electron chi connectivity index (χ0n) is 12.0. The zero-order valence-corrected chi connectivity index (χ0v) is 13.5. The summed E-state index contributed by atoms with van der Waals surface area (Å²) in [7, 11) is -3.35. The molecule has 0 atom stereocenters. The molecule has 0 aliphatic rings. The van der Waals surface area contributed by atoms with Crippen molar-refractivity contribution >= 4 is 33.5 Å². The molecule has 23 heavy (non-hydrogen) atoms. The maximum absolute atomic E-state index is 12.6. The number of rotatable bonds is 4. The van der Waals surface area contributed by atoms with Crippen LogP contribution in [0, 0.1) is 6.92 Å². The van der Waals surface area contributed by atoms with Crippen molar-refractivity contribution in [3.63, 3.8) is 0 Å². The Hall–Kier alpha value is -2.46. The molecule has 0 fully saturated rings. The van der Waals surface area contributed by atoms with Gasteiger partial charge in [0.05, 0.1) is 19.0 Å². The summed E-state index contributed by atoms with van der Waals surface area (Å²) in [6, 6.07) is 2.45. The van der Waals surface area contributed by atoms with Crippen molar-refractivity contribution in [2.45, 2.75) is 11.8 Å². The molecule has 0 saturated carbocycles. The van der Waals surface area contributed by atoms with Gasteiger partial charge < -0.3 is 9.84 Å². The van der Waals surface area contributed by atoms with Crippen molar-refractivity contribution in [1.82, 2.24) is 15.0 Å². The molecule has 1 N–H and O–H groups in total. The smallest absolute Gasteiger partial charge is 0.427 e. The Bertz CT molecular complexity index is 858. The molecule has 0 spiro atoms. The number of sulfonamides is 1. The summed E-state index contributed by atoms with van der Waals surface area (Å²) in [4.78, 5) is 22.4. The lowest BCUT2D eigenvalue weighted by Crippen LogP contribution is -2.37. The number of anilines is 1. The van der Waals surface area contributed by atoms with Crippen LogP contribution in [0.3, 0.4) is 0 Å². The highest BCUT2D eigenvalue weighted by molar-refractivity contribution is 7.93. The maximum Gasteiger partial charge on any atom is 0.427 e. The van der Waals surface area contributed by atoms with E-state index in [1.165, 1.54) is 25.6 Å². The molecule has 2 aromatic rings. The molecule has 0 unspecified atom stereocenters. The number of methoxy groups -OCH3 is 1. The number of ether oxygens (including phenoxy) is 1. The van der Waals surface area contributed by atoms with Gasteiger partial charge >= 0.3 is 6.09 Å². The number of nitrogens with zero attached hydrogens (tertiary/aromatic N) is 4. The Balaban J connectivity index is 2.69. The molecule has 2 aromatic heterocycles. The van der Waals surface area contributed by atoms with E-state index >= 15 is 0 Å². The van der Waals surface area contributed by atoms with Gasteiger partial charge in [0.25, 0.3) is 15.9 Å². The Labute approximate surface area is 136 Å². The molecule has 0 aromatic carbocycles. The van der Waals surface area contributed by atoms with Crippen molar-refractivity contribution in [2.75, 3.05) is 11.4 Å². The highest BCUT2D eigenvalue weighted by Gasteiger charge is 2.36. The van der Waals surface area contributed by atoms with Crippen molar-refractivity contribution in [2.24, 2.45) is 0 Å². The molecule has 0 saturated heterocycles. The highest BCUT2D eigenvalue weighted by atomic mass is 35.5. The number of hydrogen-bond donors (Lipinski definition) is 1. The van der Waals surface area contributed by atoms with E-state index in [4.69, 9.17) is 16.3 Å². The monoisotopic (exact) mass is 358 g/mol. The number of aryl methyl sites for hydroxylation is 1. The average molecular weight is 359 g/mol. The van der Waals surface area contributed by atoms with Crippen LogP contribution in [0.25, 0.3) is 0 Å². The summed E-state index contributed by atoms with van der Waals surface area (Å²) >= 11 is 5.77. The summed E-state index contributed by atoms with van der Waals surface area (Å²) in [5.41, 5.74) is 0.424. The molecular formula is C12H11ClN4O5S. The van der Waals surface area contributed by atoms with Crippen LogP contribution in [0.15, 0.2) is 29.4 Å². The number of amides is 1. The Morgan fingerprint density at radius 1 is 1.39 bits per heavy atom. The molecule has 1 amide bonds. The van der Waals surface area contributed by atoms with Gasteiger partial charge in [0.2, 0.25) is 5.82 Å². The van der Waals surface area contributed by atoms with Crippen molar-refractivity contribution in [3.05, 3.63) is 35.4 Å². The molecule has 0 radical (unpaired) electrons. The van der Waals surface area contributed by atoms with Crippen LogP contribution in [-0.4, -0.2) is 41.7 Å². The van der Waals surface area contributed by atoms with Gasteiger partial charge in [0.15, 0.2) is 0 Å². The lowest BCUT2D eigenvalue weighted by atomic mass is 10.5. The fourth-order valence-corrected chi connectivity index (χ4v) is 3.38. The number of halogens is 1. The summed E-state index contributed by atoms with van der Waals surface area (Å²) in [6.45, 7) is 1.59. The van der Waals surface area contributed by atoms with E-state index in [9.17, 15) is 18.3 Å². The van der Waals surface area contributed by atoms with Gasteiger partial charge in [-0.2, -0.15) is 0 Å². The molecular weight excluding hydrogens is 348 g/mol. The van der Waals surface area contributed by atoms with Crippen LogP contribution in [0.4, 0.5) is 10.6 Å². The van der Waals surface area contributed by atoms with E-state index in [-0.39, 0.29) is 15.3 Å². The van der Waals surface area contributed by atoms with Gasteiger partial charge in [-0.15, -0.1) is 4.31 Å². The normalized spacial score (nSPS) is 11.1. The van der Waals surface area contributed by atoms with Crippen LogP contribution in [0.5, 0.6) is 5.88 Å². The minimum Gasteiger partial charge on any atom is -0.478 e. The van der Waals surface area contributed by atoms with E-state index in [0.717, 1.165) is 6.07 Å². The lowest BCUT2D eigenvalue weighted by Gasteiger charge is -2.19. The summed E-state index contributed by atoms with van der Waals surface area (Å²) < 4.78 is 30.3. The Morgan fingerprint density at radius 2 is 2.09 bits per heavy atom. The Kier molecular flexibility index (Phi) is 4.66. The van der Waals surface area contributed by atoms with Crippen LogP contribution in [0.2, 0.25) is 5.15 Å². The molecule has 0 aliphatic carbocycles. The first-order valence-electron chi connectivity index (χ1n) is 6.05. The fraction of sp³-hybridized carbons (Fsp3) is 0.167. The van der Waals surface area contributed by atoms with Crippen molar-refractivity contribution < 1.29 is 23.1 Å². The summed E-state index contributed by atoms with van der Waals surface area (Å²) in [5.74, 6) is -0.749. The van der Waals surface area contributed by atoms with Crippen LogP contribution >= 0.6 is 11.6 Å². The fourth-order valence-electron chi connectivity index (χ4n) is 1.69. The molecule has 11 heteroatoms. The van der Waals surface area contributed by atoms with Crippen molar-refractivity contribution in [1.29, 1.82) is 0 Å². The highest BCUT2D eigenvalue weighted by Crippen LogP contribution is 2.31. The average Bonchev–Trinajstić information content (AvgIpc) is 2.48. The van der Waals surface area contributed by atoms with E-state index in [0.29, 0.717) is 5.69 Å². The Morgan fingerprint density at radius 3 is 2.65 bits per heavy atom. The van der Waals surface area contributed by atoms with Gasteiger partial charge in [0, 0.05) is 6.20 Å². The molecule has 2 rings (SSSR count). The second kappa shape index (κ2) is 6.34. The molecule has 0 bridgehead atoms. The van der Waals surface area contributed by atoms with E-state index in [1.54, 1.807) is 6.92 Å². The summed E-state index contributed by atoms with van der Waals surface area (Å²) in [5, 5.41) is 9.00.